The number of halogens is 1. The lowest BCUT2D eigenvalue weighted by atomic mass is 10.0. The molecule has 1 rings (SSSR count). The molecule has 0 aromatic rings. The molecule has 1 saturated heterocycles. The van der Waals surface area contributed by atoms with Crippen LogP contribution in [0.25, 0.3) is 0 Å². The normalized spacial score (nSPS) is 27.7. The van der Waals surface area contributed by atoms with Crippen LogP contribution in [0.5, 0.6) is 0 Å². The fourth-order valence-electron chi connectivity index (χ4n) is 1.60. The van der Waals surface area contributed by atoms with Crippen LogP contribution in [-0.2, 0) is 19.0 Å². The van der Waals surface area contributed by atoms with Crippen LogP contribution in [0.15, 0.2) is 0 Å². The Morgan fingerprint density at radius 1 is 1.53 bits per heavy atom. The molecule has 0 aromatic heterocycles. The second-order valence-corrected chi connectivity index (χ2v) is 3.30. The van der Waals surface area contributed by atoms with E-state index in [2.05, 4.69) is 4.74 Å². The molecule has 1 fully saturated rings. The lowest BCUT2D eigenvalue weighted by Gasteiger charge is -2.20. The van der Waals surface area contributed by atoms with Gasteiger partial charge < -0.3 is 14.2 Å². The highest BCUT2D eigenvalue weighted by Gasteiger charge is 2.40. The number of esters is 1. The maximum absolute atomic E-state index is 13.6. The maximum Gasteiger partial charge on any atom is 0.341 e. The summed E-state index contributed by atoms with van der Waals surface area (Å²) in [6.07, 6.45) is -1.77. The van der Waals surface area contributed by atoms with E-state index in [4.69, 9.17) is 9.47 Å². The van der Waals surface area contributed by atoms with Crippen molar-refractivity contribution in [1.82, 2.24) is 0 Å². The highest BCUT2D eigenvalue weighted by atomic mass is 19.1. The van der Waals surface area contributed by atoms with Crippen molar-refractivity contribution in [2.75, 3.05) is 19.8 Å². The van der Waals surface area contributed by atoms with Crippen molar-refractivity contribution in [3.8, 4) is 0 Å². The van der Waals surface area contributed by atoms with Gasteiger partial charge in [-0.1, -0.05) is 0 Å². The van der Waals surface area contributed by atoms with Gasteiger partial charge in [0.05, 0.1) is 19.1 Å². The van der Waals surface area contributed by atoms with E-state index in [-0.39, 0.29) is 6.61 Å². The highest BCUT2D eigenvalue weighted by molar-refractivity contribution is 5.75. The number of carbonyl (C=O) groups is 1. The van der Waals surface area contributed by atoms with Crippen LogP contribution in [0, 0.1) is 5.92 Å². The van der Waals surface area contributed by atoms with Crippen molar-refractivity contribution in [2.24, 2.45) is 5.92 Å². The van der Waals surface area contributed by atoms with E-state index in [1.165, 1.54) is 0 Å². The van der Waals surface area contributed by atoms with Crippen molar-refractivity contribution >= 4 is 5.97 Å². The SMILES string of the molecule is CCOC(=O)C(F)C1CCOC1OCC. The largest absolute Gasteiger partial charge is 0.464 e. The molecule has 0 amide bonds. The Morgan fingerprint density at radius 3 is 2.87 bits per heavy atom. The molecule has 0 radical (unpaired) electrons. The van der Waals surface area contributed by atoms with Gasteiger partial charge in [0.2, 0.25) is 6.17 Å². The molecule has 0 N–H and O–H groups in total. The third-order valence-electron chi connectivity index (χ3n) is 2.30. The van der Waals surface area contributed by atoms with Crippen molar-refractivity contribution in [1.29, 1.82) is 0 Å². The van der Waals surface area contributed by atoms with Gasteiger partial charge in [-0.3, -0.25) is 0 Å². The number of hydrogen-bond acceptors (Lipinski definition) is 4. The number of ether oxygens (including phenoxy) is 3. The van der Waals surface area contributed by atoms with Gasteiger partial charge in [0.1, 0.15) is 0 Å². The minimum atomic E-state index is -1.65. The van der Waals surface area contributed by atoms with Crippen LogP contribution in [-0.4, -0.2) is 38.3 Å². The second-order valence-electron chi connectivity index (χ2n) is 3.30. The number of hydrogen-bond donors (Lipinski definition) is 0. The van der Waals surface area contributed by atoms with Crippen LogP contribution < -0.4 is 0 Å². The Bertz CT molecular complexity index is 210. The van der Waals surface area contributed by atoms with Crippen molar-refractivity contribution < 1.29 is 23.4 Å². The predicted molar refractivity (Wildman–Crippen MR) is 51.0 cm³/mol. The zero-order chi connectivity index (χ0) is 11.3. The third kappa shape index (κ3) is 3.14. The summed E-state index contributed by atoms with van der Waals surface area (Å²) in [7, 11) is 0. The van der Waals surface area contributed by atoms with Crippen LogP contribution in [0.1, 0.15) is 20.3 Å². The van der Waals surface area contributed by atoms with Crippen LogP contribution in [0.4, 0.5) is 4.39 Å². The first-order valence-corrected chi connectivity index (χ1v) is 5.24. The van der Waals surface area contributed by atoms with E-state index < -0.39 is 24.3 Å². The molecule has 88 valence electrons. The number of alkyl halides is 1. The summed E-state index contributed by atoms with van der Waals surface area (Å²) in [6.45, 7) is 4.50. The van der Waals surface area contributed by atoms with Gasteiger partial charge >= 0.3 is 5.97 Å². The molecule has 1 aliphatic rings. The third-order valence-corrected chi connectivity index (χ3v) is 2.30. The summed E-state index contributed by atoms with van der Waals surface area (Å²) < 4.78 is 28.6. The van der Waals surface area contributed by atoms with Crippen molar-refractivity contribution in [3.63, 3.8) is 0 Å². The van der Waals surface area contributed by atoms with Crippen molar-refractivity contribution in [2.45, 2.75) is 32.7 Å². The fraction of sp³-hybridized carbons (Fsp3) is 0.900. The van der Waals surface area contributed by atoms with Gasteiger partial charge in [-0.25, -0.2) is 9.18 Å². The van der Waals surface area contributed by atoms with Gasteiger partial charge in [-0.05, 0) is 20.3 Å². The maximum atomic E-state index is 13.6. The molecule has 0 bridgehead atoms. The topological polar surface area (TPSA) is 44.8 Å². The summed E-state index contributed by atoms with van der Waals surface area (Å²) in [5, 5.41) is 0. The smallest absolute Gasteiger partial charge is 0.341 e. The Kier molecular flexibility index (Phi) is 4.98. The van der Waals surface area contributed by atoms with E-state index in [1.807, 2.05) is 0 Å². The van der Waals surface area contributed by atoms with Gasteiger partial charge in [0, 0.05) is 6.61 Å². The van der Waals surface area contributed by atoms with Gasteiger partial charge in [-0.2, -0.15) is 0 Å². The van der Waals surface area contributed by atoms with Crippen molar-refractivity contribution in [3.05, 3.63) is 0 Å². The zero-order valence-corrected chi connectivity index (χ0v) is 9.07. The summed E-state index contributed by atoms with van der Waals surface area (Å²) >= 11 is 0. The molecular weight excluding hydrogens is 203 g/mol. The van der Waals surface area contributed by atoms with E-state index in [9.17, 15) is 9.18 Å². The molecule has 0 aliphatic carbocycles. The zero-order valence-electron chi connectivity index (χ0n) is 9.07. The van der Waals surface area contributed by atoms with E-state index in [0.29, 0.717) is 19.6 Å². The van der Waals surface area contributed by atoms with E-state index in [0.717, 1.165) is 0 Å². The quantitative estimate of drug-likeness (QED) is 0.655. The molecule has 0 aromatic carbocycles. The van der Waals surface area contributed by atoms with Gasteiger partial charge in [0.15, 0.2) is 6.29 Å². The Hall–Kier alpha value is -0.680. The van der Waals surface area contributed by atoms with Crippen LogP contribution in [0.3, 0.4) is 0 Å². The summed E-state index contributed by atoms with van der Waals surface area (Å²) in [5.41, 5.74) is 0. The average molecular weight is 220 g/mol. The first kappa shape index (κ1) is 12.4. The second kappa shape index (κ2) is 6.02. The average Bonchev–Trinajstić information content (AvgIpc) is 2.66. The first-order valence-electron chi connectivity index (χ1n) is 5.24. The molecule has 1 heterocycles. The van der Waals surface area contributed by atoms with Gasteiger partial charge in [0.25, 0.3) is 0 Å². The Morgan fingerprint density at radius 2 is 2.27 bits per heavy atom. The molecule has 0 saturated carbocycles. The standard InChI is InChI=1S/C10H17FO4/c1-3-13-9(12)8(11)7-5-6-15-10(7)14-4-2/h7-8,10H,3-6H2,1-2H3. The molecule has 3 unspecified atom stereocenters. The van der Waals surface area contributed by atoms with Crippen LogP contribution >= 0.6 is 0 Å². The molecule has 0 spiro atoms. The Labute approximate surface area is 88.7 Å². The molecule has 5 heteroatoms. The minimum Gasteiger partial charge on any atom is -0.464 e. The number of carbonyl (C=O) groups excluding carboxylic acids is 1. The molecule has 1 aliphatic heterocycles. The summed E-state index contributed by atoms with van der Waals surface area (Å²) in [4.78, 5) is 11.2. The lowest BCUT2D eigenvalue weighted by molar-refractivity contribution is -0.165. The van der Waals surface area contributed by atoms with E-state index >= 15 is 0 Å². The molecule has 3 atom stereocenters. The molecule has 4 nitrogen and oxygen atoms in total. The lowest BCUT2D eigenvalue weighted by Crippen LogP contribution is -2.34. The van der Waals surface area contributed by atoms with Gasteiger partial charge in [-0.15, -0.1) is 0 Å². The summed E-state index contributed by atoms with van der Waals surface area (Å²) in [6, 6.07) is 0. The minimum absolute atomic E-state index is 0.187. The monoisotopic (exact) mass is 220 g/mol. The van der Waals surface area contributed by atoms with Crippen LogP contribution in [0.2, 0.25) is 0 Å². The highest BCUT2D eigenvalue weighted by Crippen LogP contribution is 2.27. The molecule has 15 heavy (non-hydrogen) atoms. The molecular formula is C10H17FO4. The summed E-state index contributed by atoms with van der Waals surface area (Å²) in [5.74, 6) is -1.36. The first-order chi connectivity index (χ1) is 7.20. The number of rotatable bonds is 5. The predicted octanol–water partition coefficient (Wildman–Crippen LogP) is 1.29. The van der Waals surface area contributed by atoms with E-state index in [1.54, 1.807) is 13.8 Å². The fourth-order valence-corrected chi connectivity index (χ4v) is 1.60. The Balaban J connectivity index is 2.49.